The Morgan fingerprint density at radius 2 is 2.21 bits per heavy atom. The van der Waals surface area contributed by atoms with E-state index in [4.69, 9.17) is 0 Å². The van der Waals surface area contributed by atoms with E-state index < -0.39 is 0 Å². The second kappa shape index (κ2) is 5.00. The van der Waals surface area contributed by atoms with E-state index in [1.165, 1.54) is 18.4 Å². The van der Waals surface area contributed by atoms with Gasteiger partial charge in [0.1, 0.15) is 0 Å². The summed E-state index contributed by atoms with van der Waals surface area (Å²) in [5.41, 5.74) is 3.33. The monoisotopic (exact) mass is 254 g/mol. The molecule has 3 rings (SSSR count). The highest BCUT2D eigenvalue weighted by Crippen LogP contribution is 2.32. The van der Waals surface area contributed by atoms with E-state index in [9.17, 15) is 4.79 Å². The van der Waals surface area contributed by atoms with Crippen LogP contribution in [0.1, 0.15) is 30.4 Å². The second-order valence-corrected chi connectivity index (χ2v) is 5.37. The van der Waals surface area contributed by atoms with Crippen molar-refractivity contribution in [2.75, 3.05) is 0 Å². The molecule has 1 aliphatic carbocycles. The molecule has 0 saturated heterocycles. The lowest BCUT2D eigenvalue weighted by molar-refractivity contribution is -0.121. The summed E-state index contributed by atoms with van der Waals surface area (Å²) in [5.74, 6) is 0.802. The summed E-state index contributed by atoms with van der Waals surface area (Å²) in [6.07, 6.45) is 4.92. The Morgan fingerprint density at radius 1 is 1.37 bits per heavy atom. The van der Waals surface area contributed by atoms with Gasteiger partial charge in [-0.2, -0.15) is 0 Å². The SMILES string of the molecule is Cc1ccc(CNC(=O)CC2CC2)c2cccnc12. The van der Waals surface area contributed by atoms with Gasteiger partial charge in [0, 0.05) is 24.5 Å². The Hall–Kier alpha value is -1.90. The standard InChI is InChI=1S/C16H18N2O/c1-11-4-7-13(14-3-2-8-17-16(11)14)10-18-15(19)9-12-5-6-12/h2-4,7-8,12H,5-6,9-10H2,1H3,(H,18,19). The van der Waals surface area contributed by atoms with Gasteiger partial charge in [0.15, 0.2) is 0 Å². The van der Waals surface area contributed by atoms with Crippen LogP contribution < -0.4 is 5.32 Å². The number of pyridine rings is 1. The van der Waals surface area contributed by atoms with Gasteiger partial charge in [0.25, 0.3) is 0 Å². The molecule has 0 aliphatic heterocycles. The fraction of sp³-hybridized carbons (Fsp3) is 0.375. The molecule has 1 heterocycles. The number of aryl methyl sites for hydroxylation is 1. The van der Waals surface area contributed by atoms with Crippen molar-refractivity contribution in [3.63, 3.8) is 0 Å². The largest absolute Gasteiger partial charge is 0.352 e. The van der Waals surface area contributed by atoms with E-state index >= 15 is 0 Å². The van der Waals surface area contributed by atoms with Gasteiger partial charge in [-0.3, -0.25) is 9.78 Å². The molecule has 0 unspecified atom stereocenters. The minimum absolute atomic E-state index is 0.167. The maximum atomic E-state index is 11.7. The van der Waals surface area contributed by atoms with Crippen molar-refractivity contribution in [3.8, 4) is 0 Å². The molecule has 3 heteroatoms. The summed E-state index contributed by atoms with van der Waals surface area (Å²) in [6, 6.07) is 8.16. The third kappa shape index (κ3) is 2.75. The van der Waals surface area contributed by atoms with Gasteiger partial charge in [0.05, 0.1) is 5.52 Å². The zero-order valence-corrected chi connectivity index (χ0v) is 11.1. The summed E-state index contributed by atoms with van der Waals surface area (Å²) in [5, 5.41) is 4.15. The van der Waals surface area contributed by atoms with Gasteiger partial charge < -0.3 is 5.32 Å². The van der Waals surface area contributed by atoms with Crippen molar-refractivity contribution >= 4 is 16.8 Å². The number of carbonyl (C=O) groups excluding carboxylic acids is 1. The van der Waals surface area contributed by atoms with E-state index in [0.717, 1.165) is 16.5 Å². The van der Waals surface area contributed by atoms with E-state index in [0.29, 0.717) is 18.9 Å². The number of hydrogen-bond donors (Lipinski definition) is 1. The van der Waals surface area contributed by atoms with Crippen LogP contribution in [-0.4, -0.2) is 10.9 Å². The van der Waals surface area contributed by atoms with Crippen molar-refractivity contribution in [3.05, 3.63) is 41.6 Å². The van der Waals surface area contributed by atoms with Gasteiger partial charge in [0.2, 0.25) is 5.91 Å². The number of aromatic nitrogens is 1. The molecule has 2 aromatic rings. The molecule has 1 N–H and O–H groups in total. The zero-order chi connectivity index (χ0) is 13.2. The van der Waals surface area contributed by atoms with Gasteiger partial charge in [-0.25, -0.2) is 0 Å². The third-order valence-corrected chi connectivity index (χ3v) is 3.71. The van der Waals surface area contributed by atoms with Gasteiger partial charge in [-0.15, -0.1) is 0 Å². The van der Waals surface area contributed by atoms with Gasteiger partial charge >= 0.3 is 0 Å². The molecule has 1 aromatic heterocycles. The van der Waals surface area contributed by atoms with Crippen molar-refractivity contribution in [2.24, 2.45) is 5.92 Å². The van der Waals surface area contributed by atoms with Crippen LogP contribution >= 0.6 is 0 Å². The first kappa shape index (κ1) is 12.2. The van der Waals surface area contributed by atoms with E-state index in [1.54, 1.807) is 0 Å². The maximum absolute atomic E-state index is 11.7. The number of fused-ring (bicyclic) bond motifs is 1. The number of benzene rings is 1. The Balaban J connectivity index is 1.76. The summed E-state index contributed by atoms with van der Waals surface area (Å²) in [7, 11) is 0. The Labute approximate surface area is 113 Å². The molecular weight excluding hydrogens is 236 g/mol. The summed E-state index contributed by atoms with van der Waals surface area (Å²) in [6.45, 7) is 2.65. The highest BCUT2D eigenvalue weighted by atomic mass is 16.1. The quantitative estimate of drug-likeness (QED) is 0.911. The molecule has 0 radical (unpaired) electrons. The minimum atomic E-state index is 0.167. The normalized spacial score (nSPS) is 14.6. The molecule has 0 spiro atoms. The highest BCUT2D eigenvalue weighted by Gasteiger charge is 2.24. The topological polar surface area (TPSA) is 42.0 Å². The number of nitrogens with zero attached hydrogens (tertiary/aromatic N) is 1. The Bertz CT molecular complexity index is 617. The zero-order valence-electron chi connectivity index (χ0n) is 11.1. The fourth-order valence-electron chi connectivity index (χ4n) is 2.38. The van der Waals surface area contributed by atoms with Crippen LogP contribution in [0.25, 0.3) is 10.9 Å². The van der Waals surface area contributed by atoms with Crippen LogP contribution in [0, 0.1) is 12.8 Å². The first-order valence-electron chi connectivity index (χ1n) is 6.84. The molecule has 3 nitrogen and oxygen atoms in total. The van der Waals surface area contributed by atoms with Crippen LogP contribution in [0.15, 0.2) is 30.5 Å². The molecule has 1 saturated carbocycles. The Morgan fingerprint density at radius 3 is 3.00 bits per heavy atom. The van der Waals surface area contributed by atoms with Crippen molar-refractivity contribution in [2.45, 2.75) is 32.7 Å². The highest BCUT2D eigenvalue weighted by molar-refractivity contribution is 5.85. The number of amides is 1. The van der Waals surface area contributed by atoms with Crippen LogP contribution in [0.2, 0.25) is 0 Å². The molecule has 1 fully saturated rings. The van der Waals surface area contributed by atoms with E-state index in [2.05, 4.69) is 35.4 Å². The average Bonchev–Trinajstić information content (AvgIpc) is 3.22. The molecule has 0 bridgehead atoms. The number of rotatable bonds is 4. The van der Waals surface area contributed by atoms with E-state index in [-0.39, 0.29) is 5.91 Å². The summed E-state index contributed by atoms with van der Waals surface area (Å²) < 4.78 is 0. The van der Waals surface area contributed by atoms with Crippen molar-refractivity contribution in [1.29, 1.82) is 0 Å². The average molecular weight is 254 g/mol. The van der Waals surface area contributed by atoms with Gasteiger partial charge in [-0.1, -0.05) is 18.2 Å². The molecule has 1 aliphatic rings. The van der Waals surface area contributed by atoms with Crippen LogP contribution in [0.4, 0.5) is 0 Å². The van der Waals surface area contributed by atoms with Gasteiger partial charge in [-0.05, 0) is 42.9 Å². The van der Waals surface area contributed by atoms with Crippen LogP contribution in [-0.2, 0) is 11.3 Å². The summed E-state index contributed by atoms with van der Waals surface area (Å²) in [4.78, 5) is 16.2. The second-order valence-electron chi connectivity index (χ2n) is 5.37. The molecule has 98 valence electrons. The van der Waals surface area contributed by atoms with E-state index in [1.807, 2.05) is 12.3 Å². The number of nitrogens with one attached hydrogen (secondary N) is 1. The lowest BCUT2D eigenvalue weighted by Gasteiger charge is -2.09. The fourth-order valence-corrected chi connectivity index (χ4v) is 2.38. The predicted molar refractivity (Wildman–Crippen MR) is 75.7 cm³/mol. The summed E-state index contributed by atoms with van der Waals surface area (Å²) >= 11 is 0. The lowest BCUT2D eigenvalue weighted by Crippen LogP contribution is -2.23. The van der Waals surface area contributed by atoms with Crippen molar-refractivity contribution < 1.29 is 4.79 Å². The lowest BCUT2D eigenvalue weighted by atomic mass is 10.0. The van der Waals surface area contributed by atoms with Crippen LogP contribution in [0.3, 0.4) is 0 Å². The molecule has 1 aromatic carbocycles. The van der Waals surface area contributed by atoms with Crippen molar-refractivity contribution in [1.82, 2.24) is 10.3 Å². The minimum Gasteiger partial charge on any atom is -0.352 e. The molecule has 0 atom stereocenters. The Kier molecular flexibility index (Phi) is 3.20. The smallest absolute Gasteiger partial charge is 0.220 e. The number of hydrogen-bond acceptors (Lipinski definition) is 2. The first-order valence-corrected chi connectivity index (χ1v) is 6.84. The first-order chi connectivity index (χ1) is 9.24. The number of carbonyl (C=O) groups is 1. The maximum Gasteiger partial charge on any atom is 0.220 e. The van der Waals surface area contributed by atoms with Crippen LogP contribution in [0.5, 0.6) is 0 Å². The third-order valence-electron chi connectivity index (χ3n) is 3.71. The molecule has 1 amide bonds. The molecular formula is C16H18N2O. The molecule has 19 heavy (non-hydrogen) atoms. The predicted octanol–water partition coefficient (Wildman–Crippen LogP) is 2.96.